The first-order chi connectivity index (χ1) is 9.11. The van der Waals surface area contributed by atoms with Crippen LogP contribution >= 0.6 is 11.6 Å². The summed E-state index contributed by atoms with van der Waals surface area (Å²) in [5.74, 6) is 0.776. The normalized spacial score (nSPS) is 16.7. The molecule has 4 heteroatoms. The van der Waals surface area contributed by atoms with Crippen molar-refractivity contribution in [2.45, 2.75) is 31.8 Å². The molecular formula is C15H23ClN2O. The first kappa shape index (κ1) is 14.6. The van der Waals surface area contributed by atoms with Crippen molar-refractivity contribution in [3.8, 4) is 5.75 Å². The van der Waals surface area contributed by atoms with Crippen molar-refractivity contribution in [3.05, 3.63) is 28.8 Å². The van der Waals surface area contributed by atoms with Crippen LogP contribution in [0.25, 0.3) is 0 Å². The van der Waals surface area contributed by atoms with Crippen molar-refractivity contribution in [2.24, 2.45) is 0 Å². The third kappa shape index (κ3) is 4.10. The van der Waals surface area contributed by atoms with Crippen molar-refractivity contribution in [3.63, 3.8) is 0 Å². The van der Waals surface area contributed by atoms with E-state index in [-0.39, 0.29) is 0 Å². The number of rotatable bonds is 7. The van der Waals surface area contributed by atoms with Crippen LogP contribution in [0, 0.1) is 0 Å². The zero-order valence-electron chi connectivity index (χ0n) is 11.9. The average molecular weight is 283 g/mol. The average Bonchev–Trinajstić information content (AvgIpc) is 3.23. The summed E-state index contributed by atoms with van der Waals surface area (Å²) >= 11 is 6.25. The number of ether oxygens (including phenoxy) is 1. The van der Waals surface area contributed by atoms with Crippen molar-refractivity contribution in [2.75, 3.05) is 27.2 Å². The largest absolute Gasteiger partial charge is 0.491 e. The molecule has 0 amide bonds. The summed E-state index contributed by atoms with van der Waals surface area (Å²) in [4.78, 5) is 2.35. The first-order valence-electron chi connectivity index (χ1n) is 6.91. The van der Waals surface area contributed by atoms with Crippen LogP contribution in [0.1, 0.15) is 31.4 Å². The molecule has 1 unspecified atom stereocenters. The van der Waals surface area contributed by atoms with Gasteiger partial charge in [-0.05, 0) is 51.6 Å². The molecule has 3 nitrogen and oxygen atoms in total. The van der Waals surface area contributed by atoms with Crippen LogP contribution in [-0.4, -0.2) is 38.2 Å². The molecule has 1 N–H and O–H groups in total. The Hall–Kier alpha value is -0.770. The summed E-state index contributed by atoms with van der Waals surface area (Å²) in [5.41, 5.74) is 1.18. The molecule has 1 aliphatic carbocycles. The molecule has 0 radical (unpaired) electrons. The minimum absolute atomic E-state index is 0.299. The van der Waals surface area contributed by atoms with Crippen LogP contribution in [0.2, 0.25) is 5.02 Å². The lowest BCUT2D eigenvalue weighted by Gasteiger charge is -2.17. The Bertz CT molecular complexity index is 421. The zero-order valence-corrected chi connectivity index (χ0v) is 12.7. The van der Waals surface area contributed by atoms with E-state index in [1.54, 1.807) is 0 Å². The summed E-state index contributed by atoms with van der Waals surface area (Å²) in [6.45, 7) is 3.75. The van der Waals surface area contributed by atoms with E-state index in [0.717, 1.165) is 18.3 Å². The number of nitrogens with zero attached hydrogens (tertiary/aromatic N) is 1. The second-order valence-electron chi connectivity index (χ2n) is 5.26. The SMILES string of the molecule is CNC(C)c1ccc(OCCN(C)C2CC2)c(Cl)c1. The van der Waals surface area contributed by atoms with Crippen LogP contribution in [-0.2, 0) is 0 Å². The van der Waals surface area contributed by atoms with Gasteiger partial charge in [0.05, 0.1) is 5.02 Å². The maximum Gasteiger partial charge on any atom is 0.137 e. The highest BCUT2D eigenvalue weighted by molar-refractivity contribution is 6.32. The summed E-state index contributed by atoms with van der Waals surface area (Å²) in [6, 6.07) is 7.07. The topological polar surface area (TPSA) is 24.5 Å². The van der Waals surface area contributed by atoms with Gasteiger partial charge in [-0.15, -0.1) is 0 Å². The van der Waals surface area contributed by atoms with Gasteiger partial charge in [0.1, 0.15) is 12.4 Å². The molecule has 1 atom stereocenters. The van der Waals surface area contributed by atoms with Gasteiger partial charge in [-0.3, -0.25) is 0 Å². The van der Waals surface area contributed by atoms with E-state index < -0.39 is 0 Å². The van der Waals surface area contributed by atoms with Crippen LogP contribution in [0.5, 0.6) is 5.75 Å². The molecule has 1 aromatic rings. The predicted molar refractivity (Wildman–Crippen MR) is 80.1 cm³/mol. The van der Waals surface area contributed by atoms with E-state index in [1.807, 2.05) is 19.2 Å². The van der Waals surface area contributed by atoms with Gasteiger partial charge in [0.15, 0.2) is 0 Å². The van der Waals surface area contributed by atoms with E-state index in [0.29, 0.717) is 17.7 Å². The first-order valence-corrected chi connectivity index (χ1v) is 7.29. The van der Waals surface area contributed by atoms with Gasteiger partial charge < -0.3 is 15.0 Å². The van der Waals surface area contributed by atoms with E-state index >= 15 is 0 Å². The number of hydrogen-bond donors (Lipinski definition) is 1. The smallest absolute Gasteiger partial charge is 0.137 e. The third-order valence-electron chi connectivity index (χ3n) is 3.76. The molecular weight excluding hydrogens is 260 g/mol. The second-order valence-corrected chi connectivity index (χ2v) is 5.67. The van der Waals surface area contributed by atoms with Crippen LogP contribution < -0.4 is 10.1 Å². The number of benzene rings is 1. The highest BCUT2D eigenvalue weighted by atomic mass is 35.5. The van der Waals surface area contributed by atoms with Crippen molar-refractivity contribution in [1.29, 1.82) is 0 Å². The molecule has 1 aromatic carbocycles. The number of likely N-dealkylation sites (N-methyl/N-ethyl adjacent to an activating group) is 1. The Morgan fingerprint density at radius 1 is 1.47 bits per heavy atom. The lowest BCUT2D eigenvalue weighted by atomic mass is 10.1. The van der Waals surface area contributed by atoms with Gasteiger partial charge in [0.25, 0.3) is 0 Å². The molecule has 1 saturated carbocycles. The summed E-state index contributed by atoms with van der Waals surface area (Å²) < 4.78 is 5.76. The van der Waals surface area contributed by atoms with Crippen LogP contribution in [0.3, 0.4) is 0 Å². The standard InChI is InChI=1S/C15H23ClN2O/c1-11(17-2)12-4-7-15(14(16)10-12)19-9-8-18(3)13-5-6-13/h4,7,10-11,13,17H,5-6,8-9H2,1-3H3. The van der Waals surface area contributed by atoms with E-state index in [4.69, 9.17) is 16.3 Å². The number of hydrogen-bond acceptors (Lipinski definition) is 3. The van der Waals surface area contributed by atoms with Crippen molar-refractivity contribution >= 4 is 11.6 Å². The molecule has 0 saturated heterocycles. The van der Waals surface area contributed by atoms with Crippen LogP contribution in [0.4, 0.5) is 0 Å². The molecule has 0 aliphatic heterocycles. The molecule has 1 fully saturated rings. The molecule has 19 heavy (non-hydrogen) atoms. The highest BCUT2D eigenvalue weighted by Crippen LogP contribution is 2.28. The number of halogens is 1. The summed E-state index contributed by atoms with van der Waals surface area (Å²) in [7, 11) is 4.09. The highest BCUT2D eigenvalue weighted by Gasteiger charge is 2.25. The fourth-order valence-electron chi connectivity index (χ4n) is 2.07. The molecule has 106 valence electrons. The van der Waals surface area contributed by atoms with Gasteiger partial charge in [-0.25, -0.2) is 0 Å². The van der Waals surface area contributed by atoms with E-state index in [1.165, 1.54) is 18.4 Å². The number of nitrogens with one attached hydrogen (secondary N) is 1. The van der Waals surface area contributed by atoms with E-state index in [9.17, 15) is 0 Å². The summed E-state index contributed by atoms with van der Waals surface area (Å²) in [5, 5.41) is 3.89. The Morgan fingerprint density at radius 3 is 2.79 bits per heavy atom. The molecule has 0 bridgehead atoms. The molecule has 0 aromatic heterocycles. The van der Waals surface area contributed by atoms with Crippen LogP contribution in [0.15, 0.2) is 18.2 Å². The summed E-state index contributed by atoms with van der Waals surface area (Å²) in [6.07, 6.45) is 2.65. The third-order valence-corrected chi connectivity index (χ3v) is 4.06. The quantitative estimate of drug-likeness (QED) is 0.832. The Morgan fingerprint density at radius 2 is 2.21 bits per heavy atom. The second kappa shape index (κ2) is 6.60. The lowest BCUT2D eigenvalue weighted by Crippen LogP contribution is -2.26. The maximum atomic E-state index is 6.25. The van der Waals surface area contributed by atoms with Gasteiger partial charge in [-0.1, -0.05) is 17.7 Å². The molecule has 0 heterocycles. The minimum Gasteiger partial charge on any atom is -0.491 e. The Kier molecular flexibility index (Phi) is 5.08. The zero-order chi connectivity index (χ0) is 13.8. The molecule has 0 spiro atoms. The molecule has 2 rings (SSSR count). The Balaban J connectivity index is 1.86. The minimum atomic E-state index is 0.299. The molecule has 1 aliphatic rings. The van der Waals surface area contributed by atoms with Gasteiger partial charge in [-0.2, -0.15) is 0 Å². The Labute approximate surface area is 120 Å². The fourth-order valence-corrected chi connectivity index (χ4v) is 2.31. The van der Waals surface area contributed by atoms with Gasteiger partial charge in [0.2, 0.25) is 0 Å². The van der Waals surface area contributed by atoms with Crippen molar-refractivity contribution < 1.29 is 4.74 Å². The van der Waals surface area contributed by atoms with Gasteiger partial charge >= 0.3 is 0 Å². The lowest BCUT2D eigenvalue weighted by molar-refractivity contribution is 0.232. The van der Waals surface area contributed by atoms with Crippen molar-refractivity contribution in [1.82, 2.24) is 10.2 Å². The monoisotopic (exact) mass is 282 g/mol. The fraction of sp³-hybridized carbons (Fsp3) is 0.600. The predicted octanol–water partition coefficient (Wildman–Crippen LogP) is 3.09. The maximum absolute atomic E-state index is 6.25. The van der Waals surface area contributed by atoms with E-state index in [2.05, 4.69) is 30.3 Å². The van der Waals surface area contributed by atoms with Gasteiger partial charge in [0, 0.05) is 18.6 Å².